The van der Waals surface area contributed by atoms with Gasteiger partial charge in [0.2, 0.25) is 0 Å². The van der Waals surface area contributed by atoms with E-state index in [1.807, 2.05) is 42.5 Å². The minimum absolute atomic E-state index is 0.111. The van der Waals surface area contributed by atoms with Crippen LogP contribution >= 0.6 is 0 Å². The maximum atomic E-state index is 12.3. The van der Waals surface area contributed by atoms with Crippen molar-refractivity contribution in [1.29, 1.82) is 0 Å². The average molecular weight is 331 g/mol. The Balaban J connectivity index is 1.49. The molecular weight excluding hydrogens is 314 g/mol. The number of anilines is 1. The van der Waals surface area contributed by atoms with Crippen LogP contribution in [0.5, 0.6) is 0 Å². The molecule has 5 heteroatoms. The molecule has 0 radical (unpaired) electrons. The second-order valence-corrected chi connectivity index (χ2v) is 6.10. The van der Waals surface area contributed by atoms with Crippen LogP contribution < -0.4 is 10.6 Å². The Kier molecular flexibility index (Phi) is 3.90. The summed E-state index contributed by atoms with van der Waals surface area (Å²) in [6.45, 7) is 0. The van der Waals surface area contributed by atoms with E-state index in [0.29, 0.717) is 11.2 Å². The second-order valence-electron chi connectivity index (χ2n) is 6.10. The van der Waals surface area contributed by atoms with Crippen molar-refractivity contribution in [3.05, 3.63) is 71.9 Å². The third-order valence-corrected chi connectivity index (χ3v) is 4.53. The van der Waals surface area contributed by atoms with Gasteiger partial charge >= 0.3 is 11.8 Å². The maximum Gasteiger partial charge on any atom is 0.313 e. The minimum atomic E-state index is -0.678. The topological polar surface area (TPSA) is 71.1 Å². The summed E-state index contributed by atoms with van der Waals surface area (Å²) in [5, 5.41) is 6.41. The van der Waals surface area contributed by atoms with Crippen LogP contribution in [0.15, 0.2) is 60.8 Å². The van der Waals surface area contributed by atoms with Gasteiger partial charge in [0, 0.05) is 11.6 Å². The molecule has 2 aromatic carbocycles. The summed E-state index contributed by atoms with van der Waals surface area (Å²) in [6.07, 6.45) is 3.39. The van der Waals surface area contributed by atoms with E-state index in [1.165, 1.54) is 5.56 Å². The fraction of sp³-hybridized carbons (Fsp3) is 0.150. The maximum absolute atomic E-state index is 12.3. The fourth-order valence-corrected chi connectivity index (χ4v) is 3.32. The lowest BCUT2D eigenvalue weighted by Crippen LogP contribution is -2.37. The van der Waals surface area contributed by atoms with Gasteiger partial charge in [-0.3, -0.25) is 14.6 Å². The van der Waals surface area contributed by atoms with Crippen LogP contribution in [-0.4, -0.2) is 16.8 Å². The van der Waals surface area contributed by atoms with Crippen molar-refractivity contribution >= 4 is 28.4 Å². The van der Waals surface area contributed by atoms with Crippen LogP contribution in [0.2, 0.25) is 0 Å². The lowest BCUT2D eigenvalue weighted by molar-refractivity contribution is -0.136. The van der Waals surface area contributed by atoms with Gasteiger partial charge in [-0.25, -0.2) is 0 Å². The number of nitrogens with zero attached hydrogens (tertiary/aromatic N) is 1. The number of pyridine rings is 1. The Hall–Kier alpha value is -3.21. The molecule has 0 saturated heterocycles. The molecule has 1 aliphatic rings. The Bertz CT molecular complexity index is 963. The van der Waals surface area contributed by atoms with Crippen LogP contribution in [0.1, 0.15) is 23.6 Å². The number of benzene rings is 2. The van der Waals surface area contributed by atoms with Crippen molar-refractivity contribution < 1.29 is 9.59 Å². The molecule has 3 aromatic rings. The summed E-state index contributed by atoms with van der Waals surface area (Å²) < 4.78 is 0. The van der Waals surface area contributed by atoms with Gasteiger partial charge in [0.05, 0.1) is 17.2 Å². The first kappa shape index (κ1) is 15.3. The van der Waals surface area contributed by atoms with Gasteiger partial charge in [-0.05, 0) is 36.1 Å². The van der Waals surface area contributed by atoms with Crippen molar-refractivity contribution in [1.82, 2.24) is 10.3 Å². The van der Waals surface area contributed by atoms with Crippen molar-refractivity contribution in [2.24, 2.45) is 0 Å². The molecular formula is C20H17N3O2. The lowest BCUT2D eigenvalue weighted by atomic mass is 10.1. The molecule has 0 aliphatic heterocycles. The van der Waals surface area contributed by atoms with E-state index >= 15 is 0 Å². The number of fused-ring (bicyclic) bond motifs is 2. The van der Waals surface area contributed by atoms with Gasteiger partial charge in [-0.1, -0.05) is 42.5 Å². The van der Waals surface area contributed by atoms with E-state index in [2.05, 4.69) is 21.7 Å². The third-order valence-electron chi connectivity index (χ3n) is 4.53. The molecule has 25 heavy (non-hydrogen) atoms. The van der Waals surface area contributed by atoms with Gasteiger partial charge in [-0.15, -0.1) is 0 Å². The number of para-hydroxylation sites is 1. The van der Waals surface area contributed by atoms with Crippen LogP contribution in [0, 0.1) is 0 Å². The highest BCUT2D eigenvalue weighted by atomic mass is 16.2. The zero-order valence-corrected chi connectivity index (χ0v) is 13.5. The molecule has 1 atom stereocenters. The van der Waals surface area contributed by atoms with Crippen molar-refractivity contribution in [3.63, 3.8) is 0 Å². The first-order chi connectivity index (χ1) is 12.2. The molecule has 0 saturated carbocycles. The largest absolute Gasteiger partial charge is 0.341 e. The minimum Gasteiger partial charge on any atom is -0.341 e. The number of aryl methyl sites for hydroxylation is 1. The molecule has 124 valence electrons. The standard InChI is InChI=1S/C20H17N3O2/c24-19(22-16-11-10-13-5-1-2-8-15(13)16)20(25)23-17-9-3-6-14-7-4-12-21-18(14)17/h1-9,12,16H,10-11H2,(H,22,24)(H,23,25)/t16-/m0/s1. The molecule has 0 fully saturated rings. The summed E-state index contributed by atoms with van der Waals surface area (Å²) in [5.74, 6) is -1.31. The van der Waals surface area contributed by atoms with E-state index in [4.69, 9.17) is 0 Å². The first-order valence-corrected chi connectivity index (χ1v) is 8.26. The van der Waals surface area contributed by atoms with E-state index in [9.17, 15) is 9.59 Å². The van der Waals surface area contributed by atoms with Crippen molar-refractivity contribution in [2.75, 3.05) is 5.32 Å². The van der Waals surface area contributed by atoms with E-state index < -0.39 is 11.8 Å². The molecule has 1 aliphatic carbocycles. The number of rotatable bonds is 2. The molecule has 1 heterocycles. The van der Waals surface area contributed by atoms with E-state index in [-0.39, 0.29) is 6.04 Å². The Morgan fingerprint density at radius 3 is 2.72 bits per heavy atom. The highest BCUT2D eigenvalue weighted by molar-refractivity contribution is 6.40. The zero-order valence-electron chi connectivity index (χ0n) is 13.5. The third kappa shape index (κ3) is 2.96. The number of hydrogen-bond acceptors (Lipinski definition) is 3. The van der Waals surface area contributed by atoms with Gasteiger partial charge in [0.1, 0.15) is 0 Å². The zero-order chi connectivity index (χ0) is 17.2. The number of carbonyl (C=O) groups is 2. The summed E-state index contributed by atoms with van der Waals surface area (Å²) >= 11 is 0. The molecule has 2 amide bonds. The highest BCUT2D eigenvalue weighted by Crippen LogP contribution is 2.30. The first-order valence-electron chi connectivity index (χ1n) is 8.26. The van der Waals surface area contributed by atoms with Crippen LogP contribution in [0.3, 0.4) is 0 Å². The molecule has 0 unspecified atom stereocenters. The highest BCUT2D eigenvalue weighted by Gasteiger charge is 2.26. The number of aromatic nitrogens is 1. The summed E-state index contributed by atoms with van der Waals surface area (Å²) in [6, 6.07) is 17.1. The fourth-order valence-electron chi connectivity index (χ4n) is 3.32. The monoisotopic (exact) mass is 331 g/mol. The number of hydrogen-bond donors (Lipinski definition) is 2. The number of amides is 2. The van der Waals surface area contributed by atoms with E-state index in [1.54, 1.807) is 12.3 Å². The number of nitrogens with one attached hydrogen (secondary N) is 2. The van der Waals surface area contributed by atoms with Crippen molar-refractivity contribution in [3.8, 4) is 0 Å². The lowest BCUT2D eigenvalue weighted by Gasteiger charge is -2.14. The SMILES string of the molecule is O=C(Nc1cccc2cccnc12)C(=O)N[C@H]1CCc2ccccc21. The Morgan fingerprint density at radius 1 is 0.960 bits per heavy atom. The Labute approximate surface area is 145 Å². The van der Waals surface area contributed by atoms with Crippen LogP contribution in [0.25, 0.3) is 10.9 Å². The normalized spacial score (nSPS) is 15.6. The van der Waals surface area contributed by atoms with Crippen LogP contribution in [0.4, 0.5) is 5.69 Å². The molecule has 4 rings (SSSR count). The quantitative estimate of drug-likeness (QED) is 0.709. The molecule has 2 N–H and O–H groups in total. The molecule has 1 aromatic heterocycles. The summed E-state index contributed by atoms with van der Waals surface area (Å²) in [4.78, 5) is 28.9. The van der Waals surface area contributed by atoms with Gasteiger partial charge < -0.3 is 10.6 Å². The molecule has 0 spiro atoms. The van der Waals surface area contributed by atoms with Gasteiger partial charge in [-0.2, -0.15) is 0 Å². The van der Waals surface area contributed by atoms with E-state index in [0.717, 1.165) is 23.8 Å². The summed E-state index contributed by atoms with van der Waals surface area (Å²) in [5.41, 5.74) is 3.52. The smallest absolute Gasteiger partial charge is 0.313 e. The predicted molar refractivity (Wildman–Crippen MR) is 96.0 cm³/mol. The number of carbonyl (C=O) groups excluding carboxylic acids is 2. The van der Waals surface area contributed by atoms with Gasteiger partial charge in [0.15, 0.2) is 0 Å². The predicted octanol–water partition coefficient (Wildman–Crippen LogP) is 2.98. The van der Waals surface area contributed by atoms with Crippen LogP contribution in [-0.2, 0) is 16.0 Å². The van der Waals surface area contributed by atoms with Crippen molar-refractivity contribution in [2.45, 2.75) is 18.9 Å². The molecule has 5 nitrogen and oxygen atoms in total. The van der Waals surface area contributed by atoms with Gasteiger partial charge in [0.25, 0.3) is 0 Å². The second kappa shape index (κ2) is 6.36. The Morgan fingerprint density at radius 2 is 1.80 bits per heavy atom. The molecule has 0 bridgehead atoms. The summed E-state index contributed by atoms with van der Waals surface area (Å²) in [7, 11) is 0. The average Bonchev–Trinajstić information content (AvgIpc) is 3.05.